The molecule has 6 heteroatoms. The van der Waals surface area contributed by atoms with Gasteiger partial charge in [0.05, 0.1) is 11.7 Å². The topological polar surface area (TPSA) is 50.8 Å². The second-order valence-corrected chi connectivity index (χ2v) is 7.36. The number of nitrogens with zero attached hydrogens (tertiary/aromatic N) is 1. The highest BCUT2D eigenvalue weighted by atomic mass is 32.1. The van der Waals surface area contributed by atoms with E-state index in [1.165, 1.54) is 4.88 Å². The molecule has 2 saturated heterocycles. The van der Waals surface area contributed by atoms with E-state index in [0.29, 0.717) is 6.54 Å². The van der Waals surface area contributed by atoms with Gasteiger partial charge in [0.2, 0.25) is 0 Å². The number of thiophene rings is 1. The molecular weight excluding hydrogens is 312 g/mol. The number of carbonyl (C=O) groups excluding carboxylic acids is 1. The normalized spacial score (nSPS) is 23.9. The molecule has 3 heterocycles. The van der Waals surface area contributed by atoms with Crippen LogP contribution in [-0.4, -0.2) is 56.0 Å². The minimum absolute atomic E-state index is 0.0428. The first kappa shape index (κ1) is 16.7. The summed E-state index contributed by atoms with van der Waals surface area (Å²) in [6.45, 7) is 2.99. The first-order valence-electron chi connectivity index (χ1n) is 8.45. The summed E-state index contributed by atoms with van der Waals surface area (Å²) in [4.78, 5) is 15.5. The van der Waals surface area contributed by atoms with Crippen LogP contribution >= 0.6 is 11.3 Å². The number of amides is 2. The molecule has 1 aromatic rings. The molecule has 2 fully saturated rings. The van der Waals surface area contributed by atoms with E-state index >= 15 is 0 Å². The minimum atomic E-state index is -0.180. The molecule has 1 spiro atoms. The molecule has 0 radical (unpaired) electrons. The molecule has 2 aliphatic heterocycles. The molecule has 0 aromatic carbocycles. The molecular formula is C17H26N2O3S. The maximum Gasteiger partial charge on any atom is 0.317 e. The molecule has 0 bridgehead atoms. The Morgan fingerprint density at radius 1 is 1.52 bits per heavy atom. The van der Waals surface area contributed by atoms with Crippen molar-refractivity contribution >= 4 is 17.4 Å². The number of carbonyl (C=O) groups is 1. The second-order valence-electron chi connectivity index (χ2n) is 6.33. The third kappa shape index (κ3) is 3.87. The fraction of sp³-hybridized carbons (Fsp3) is 0.706. The molecule has 1 atom stereocenters. The molecule has 0 saturated carbocycles. The van der Waals surface area contributed by atoms with Gasteiger partial charge in [0.1, 0.15) is 0 Å². The van der Waals surface area contributed by atoms with Crippen molar-refractivity contribution in [2.75, 3.05) is 33.4 Å². The maximum absolute atomic E-state index is 12.3. The molecule has 128 valence electrons. The van der Waals surface area contributed by atoms with Crippen LogP contribution in [0, 0.1) is 0 Å². The lowest BCUT2D eigenvalue weighted by atomic mass is 9.82. The highest BCUT2D eigenvalue weighted by molar-refractivity contribution is 7.09. The van der Waals surface area contributed by atoms with Gasteiger partial charge in [-0.1, -0.05) is 6.07 Å². The first-order chi connectivity index (χ1) is 11.2. The van der Waals surface area contributed by atoms with E-state index in [4.69, 9.17) is 9.47 Å². The first-order valence-corrected chi connectivity index (χ1v) is 9.33. The Labute approximate surface area is 142 Å². The summed E-state index contributed by atoms with van der Waals surface area (Å²) in [5.74, 6) is 0. The van der Waals surface area contributed by atoms with E-state index < -0.39 is 0 Å². The quantitative estimate of drug-likeness (QED) is 0.918. The zero-order valence-electron chi connectivity index (χ0n) is 13.8. The van der Waals surface area contributed by atoms with Gasteiger partial charge in [0.15, 0.2) is 0 Å². The van der Waals surface area contributed by atoms with Gasteiger partial charge in [0, 0.05) is 38.2 Å². The largest absolute Gasteiger partial charge is 0.378 e. The molecule has 3 rings (SSSR count). The van der Waals surface area contributed by atoms with E-state index in [0.717, 1.165) is 51.8 Å². The van der Waals surface area contributed by atoms with E-state index in [1.807, 2.05) is 11.0 Å². The van der Waals surface area contributed by atoms with E-state index in [9.17, 15) is 4.79 Å². The number of hydrogen-bond donors (Lipinski definition) is 1. The standard InChI is InChI=1S/C17H26N2O3S/c1-21-15-5-2-12-22-17(15)7-10-19(11-8-17)16(20)18-9-6-14-4-3-13-23-14/h3-4,13,15H,2,5-12H2,1H3,(H,18,20)/t15-/m1/s1. The Kier molecular flexibility index (Phi) is 5.56. The van der Waals surface area contributed by atoms with Crippen molar-refractivity contribution in [2.45, 2.75) is 43.8 Å². The Hall–Kier alpha value is -1.11. The zero-order valence-corrected chi connectivity index (χ0v) is 14.6. The van der Waals surface area contributed by atoms with Gasteiger partial charge in [-0.3, -0.25) is 0 Å². The third-order valence-corrected chi connectivity index (χ3v) is 5.93. The maximum atomic E-state index is 12.3. The van der Waals surface area contributed by atoms with Gasteiger partial charge in [-0.2, -0.15) is 0 Å². The summed E-state index contributed by atoms with van der Waals surface area (Å²) >= 11 is 1.73. The molecule has 1 aromatic heterocycles. The monoisotopic (exact) mass is 338 g/mol. The lowest BCUT2D eigenvalue weighted by Gasteiger charge is -2.47. The zero-order chi connectivity index (χ0) is 16.1. The van der Waals surface area contributed by atoms with Gasteiger partial charge in [-0.05, 0) is 43.6 Å². The lowest BCUT2D eigenvalue weighted by molar-refractivity contribution is -0.183. The number of rotatable bonds is 4. The van der Waals surface area contributed by atoms with Crippen LogP contribution < -0.4 is 5.32 Å². The minimum Gasteiger partial charge on any atom is -0.378 e. The van der Waals surface area contributed by atoms with Crippen LogP contribution in [0.15, 0.2) is 17.5 Å². The fourth-order valence-corrected chi connectivity index (χ4v) is 4.36. The lowest BCUT2D eigenvalue weighted by Crippen LogP contribution is -2.57. The van der Waals surface area contributed by atoms with Crippen molar-refractivity contribution in [2.24, 2.45) is 0 Å². The van der Waals surface area contributed by atoms with E-state index in [2.05, 4.69) is 16.8 Å². The van der Waals surface area contributed by atoms with Crippen LogP contribution in [0.2, 0.25) is 0 Å². The number of ether oxygens (including phenoxy) is 2. The van der Waals surface area contributed by atoms with Gasteiger partial charge in [0.25, 0.3) is 0 Å². The molecule has 1 N–H and O–H groups in total. The van der Waals surface area contributed by atoms with E-state index in [1.54, 1.807) is 18.4 Å². The van der Waals surface area contributed by atoms with Crippen LogP contribution in [0.4, 0.5) is 4.79 Å². The summed E-state index contributed by atoms with van der Waals surface area (Å²) in [6.07, 6.45) is 4.92. The van der Waals surface area contributed by atoms with Gasteiger partial charge in [-0.25, -0.2) is 4.79 Å². The fourth-order valence-electron chi connectivity index (χ4n) is 3.65. The summed E-state index contributed by atoms with van der Waals surface area (Å²) < 4.78 is 11.7. The van der Waals surface area contributed by atoms with Crippen LogP contribution in [0.1, 0.15) is 30.6 Å². The van der Waals surface area contributed by atoms with Crippen LogP contribution in [0.5, 0.6) is 0 Å². The van der Waals surface area contributed by atoms with Crippen LogP contribution in [0.3, 0.4) is 0 Å². The highest BCUT2D eigenvalue weighted by Crippen LogP contribution is 2.36. The van der Waals surface area contributed by atoms with Crippen molar-refractivity contribution in [1.82, 2.24) is 10.2 Å². The summed E-state index contributed by atoms with van der Waals surface area (Å²) in [6, 6.07) is 4.19. The SMILES string of the molecule is CO[C@@H]1CCCOC12CCN(C(=O)NCCc1cccs1)CC2. The highest BCUT2D eigenvalue weighted by Gasteiger charge is 2.45. The van der Waals surface area contributed by atoms with Crippen molar-refractivity contribution in [3.63, 3.8) is 0 Å². The van der Waals surface area contributed by atoms with Crippen LogP contribution in [0.25, 0.3) is 0 Å². The predicted molar refractivity (Wildman–Crippen MR) is 90.9 cm³/mol. The van der Waals surface area contributed by atoms with Gasteiger partial charge < -0.3 is 19.7 Å². The molecule has 5 nitrogen and oxygen atoms in total. The number of likely N-dealkylation sites (tertiary alicyclic amines) is 1. The summed E-state index contributed by atoms with van der Waals surface area (Å²) in [7, 11) is 1.77. The molecule has 23 heavy (non-hydrogen) atoms. The van der Waals surface area contributed by atoms with Gasteiger partial charge in [-0.15, -0.1) is 11.3 Å². The molecule has 0 unspecified atom stereocenters. The average molecular weight is 338 g/mol. The number of nitrogens with one attached hydrogen (secondary N) is 1. The molecule has 2 amide bonds. The van der Waals surface area contributed by atoms with Crippen molar-refractivity contribution in [3.05, 3.63) is 22.4 Å². The van der Waals surface area contributed by atoms with Crippen molar-refractivity contribution in [3.8, 4) is 0 Å². The second kappa shape index (κ2) is 7.64. The third-order valence-electron chi connectivity index (χ3n) is 5.00. The Morgan fingerprint density at radius 3 is 3.04 bits per heavy atom. The summed E-state index contributed by atoms with van der Waals surface area (Å²) in [5.41, 5.74) is -0.180. The number of urea groups is 1. The average Bonchev–Trinajstić information content (AvgIpc) is 3.09. The van der Waals surface area contributed by atoms with E-state index in [-0.39, 0.29) is 17.7 Å². The smallest absolute Gasteiger partial charge is 0.317 e. The Morgan fingerprint density at radius 2 is 2.35 bits per heavy atom. The Balaban J connectivity index is 1.45. The summed E-state index contributed by atoms with van der Waals surface area (Å²) in [5, 5.41) is 5.10. The Bertz CT molecular complexity index is 498. The number of piperidine rings is 1. The van der Waals surface area contributed by atoms with Crippen molar-refractivity contribution < 1.29 is 14.3 Å². The molecule has 0 aliphatic carbocycles. The van der Waals surface area contributed by atoms with Crippen LogP contribution in [-0.2, 0) is 15.9 Å². The molecule has 2 aliphatic rings. The predicted octanol–water partition coefficient (Wildman–Crippen LogP) is 2.66. The number of methoxy groups -OCH3 is 1. The number of hydrogen-bond acceptors (Lipinski definition) is 4. The van der Waals surface area contributed by atoms with Gasteiger partial charge >= 0.3 is 6.03 Å². The van der Waals surface area contributed by atoms with Crippen molar-refractivity contribution in [1.29, 1.82) is 0 Å².